The molecule has 0 aliphatic carbocycles. The van der Waals surface area contributed by atoms with Gasteiger partial charge in [-0.1, -0.05) is 0 Å². The molecule has 0 aromatic heterocycles. The number of carboxylic acids is 1. The Hall–Kier alpha value is -0.610. The lowest BCUT2D eigenvalue weighted by Crippen LogP contribution is -2.42. The van der Waals surface area contributed by atoms with E-state index in [4.69, 9.17) is 4.74 Å². The predicted molar refractivity (Wildman–Crippen MR) is 60.4 cm³/mol. The summed E-state index contributed by atoms with van der Waals surface area (Å²) in [5.41, 5.74) is -0.540. The van der Waals surface area contributed by atoms with E-state index in [1.807, 2.05) is 6.92 Å². The lowest BCUT2D eigenvalue weighted by Gasteiger charge is -2.34. The van der Waals surface area contributed by atoms with E-state index in [0.29, 0.717) is 18.7 Å². The molecule has 0 aromatic carbocycles. The Balaban J connectivity index is 1.95. The summed E-state index contributed by atoms with van der Waals surface area (Å²) < 4.78 is 5.52. The Morgan fingerprint density at radius 2 is 2.31 bits per heavy atom. The molecule has 4 nitrogen and oxygen atoms in total. The Kier molecular flexibility index (Phi) is 3.22. The van der Waals surface area contributed by atoms with Crippen molar-refractivity contribution in [3.05, 3.63) is 0 Å². The Labute approximate surface area is 96.6 Å². The molecule has 2 aliphatic rings. The molecule has 0 aromatic rings. The van der Waals surface area contributed by atoms with E-state index in [-0.39, 0.29) is 0 Å². The second-order valence-electron chi connectivity index (χ2n) is 5.45. The fourth-order valence-electron chi connectivity index (χ4n) is 2.79. The van der Waals surface area contributed by atoms with Crippen molar-refractivity contribution >= 4 is 5.97 Å². The molecule has 2 fully saturated rings. The largest absolute Gasteiger partial charge is 0.481 e. The van der Waals surface area contributed by atoms with Crippen molar-refractivity contribution in [2.45, 2.75) is 45.3 Å². The van der Waals surface area contributed by atoms with Gasteiger partial charge in [0.05, 0.1) is 11.5 Å². The van der Waals surface area contributed by atoms with Crippen LogP contribution in [0.15, 0.2) is 0 Å². The maximum absolute atomic E-state index is 11.2. The summed E-state index contributed by atoms with van der Waals surface area (Å²) in [7, 11) is 0. The van der Waals surface area contributed by atoms with Crippen molar-refractivity contribution < 1.29 is 14.6 Å². The van der Waals surface area contributed by atoms with Gasteiger partial charge in [-0.15, -0.1) is 0 Å². The van der Waals surface area contributed by atoms with Gasteiger partial charge in [-0.3, -0.25) is 9.69 Å². The van der Waals surface area contributed by atoms with Gasteiger partial charge in [-0.25, -0.2) is 0 Å². The normalized spacial score (nSPS) is 41.1. The van der Waals surface area contributed by atoms with Gasteiger partial charge in [0.2, 0.25) is 0 Å². The maximum atomic E-state index is 11.2. The highest BCUT2D eigenvalue weighted by molar-refractivity contribution is 5.74. The maximum Gasteiger partial charge on any atom is 0.310 e. The van der Waals surface area contributed by atoms with Crippen LogP contribution in [-0.4, -0.2) is 47.8 Å². The highest BCUT2D eigenvalue weighted by Gasteiger charge is 2.43. The van der Waals surface area contributed by atoms with Gasteiger partial charge in [0.25, 0.3) is 0 Å². The van der Waals surface area contributed by atoms with Gasteiger partial charge in [0.1, 0.15) is 0 Å². The van der Waals surface area contributed by atoms with Gasteiger partial charge < -0.3 is 9.84 Å². The molecular formula is C12H21NO3. The fourth-order valence-corrected chi connectivity index (χ4v) is 2.79. The Bertz CT molecular complexity index is 281. The third kappa shape index (κ3) is 2.23. The van der Waals surface area contributed by atoms with E-state index >= 15 is 0 Å². The molecule has 0 saturated carbocycles. The molecule has 2 rings (SSSR count). The number of hydrogen-bond donors (Lipinski definition) is 1. The second-order valence-corrected chi connectivity index (χ2v) is 5.45. The summed E-state index contributed by atoms with van der Waals surface area (Å²) in [4.78, 5) is 13.5. The first-order valence-electron chi connectivity index (χ1n) is 6.10. The van der Waals surface area contributed by atoms with Crippen LogP contribution in [0, 0.1) is 5.41 Å². The van der Waals surface area contributed by atoms with Crippen LogP contribution < -0.4 is 0 Å². The quantitative estimate of drug-likeness (QED) is 0.773. The molecule has 2 heterocycles. The van der Waals surface area contributed by atoms with Gasteiger partial charge >= 0.3 is 5.97 Å². The minimum Gasteiger partial charge on any atom is -0.481 e. The molecular weight excluding hydrogens is 206 g/mol. The summed E-state index contributed by atoms with van der Waals surface area (Å²) in [5.74, 6) is -0.657. The van der Waals surface area contributed by atoms with Gasteiger partial charge in [0, 0.05) is 19.2 Å². The second kappa shape index (κ2) is 4.34. The van der Waals surface area contributed by atoms with Crippen LogP contribution in [-0.2, 0) is 9.53 Å². The lowest BCUT2D eigenvalue weighted by molar-refractivity contribution is -0.147. The molecule has 2 saturated heterocycles. The number of ether oxygens (including phenoxy) is 1. The van der Waals surface area contributed by atoms with Crippen LogP contribution in [0.1, 0.15) is 33.1 Å². The molecule has 4 heteroatoms. The number of hydrogen-bond acceptors (Lipinski definition) is 3. The minimum atomic E-state index is -0.657. The van der Waals surface area contributed by atoms with Crippen molar-refractivity contribution in [1.29, 1.82) is 0 Å². The van der Waals surface area contributed by atoms with Crippen LogP contribution in [0.25, 0.3) is 0 Å². The SMILES string of the molecule is CC1CC(N2CCC(C)(C(=O)O)C2)CCO1. The first kappa shape index (κ1) is 11.9. The standard InChI is InChI=1S/C12H21NO3/c1-9-7-10(3-6-16-9)13-5-4-12(2,8-13)11(14)15/h9-10H,3-8H2,1-2H3,(H,14,15). The van der Waals surface area contributed by atoms with Crippen molar-refractivity contribution in [3.8, 4) is 0 Å². The Morgan fingerprint density at radius 1 is 1.56 bits per heavy atom. The van der Waals surface area contributed by atoms with Gasteiger partial charge in [0.15, 0.2) is 0 Å². The zero-order valence-electron chi connectivity index (χ0n) is 10.1. The average Bonchev–Trinajstić information content (AvgIpc) is 2.62. The summed E-state index contributed by atoms with van der Waals surface area (Å²) in [6, 6.07) is 0.518. The summed E-state index contributed by atoms with van der Waals surface area (Å²) in [6.07, 6.45) is 3.17. The molecule has 0 amide bonds. The lowest BCUT2D eigenvalue weighted by atomic mass is 9.90. The highest BCUT2D eigenvalue weighted by Crippen LogP contribution is 2.33. The van der Waals surface area contributed by atoms with E-state index in [2.05, 4.69) is 11.8 Å². The van der Waals surface area contributed by atoms with Crippen LogP contribution in [0.4, 0.5) is 0 Å². The zero-order chi connectivity index (χ0) is 11.8. The molecule has 2 aliphatic heterocycles. The highest BCUT2D eigenvalue weighted by atomic mass is 16.5. The smallest absolute Gasteiger partial charge is 0.310 e. The molecule has 16 heavy (non-hydrogen) atoms. The zero-order valence-corrected chi connectivity index (χ0v) is 10.1. The van der Waals surface area contributed by atoms with Crippen LogP contribution in [0.2, 0.25) is 0 Å². The fraction of sp³-hybridized carbons (Fsp3) is 0.917. The van der Waals surface area contributed by atoms with Crippen molar-refractivity contribution in [2.24, 2.45) is 5.41 Å². The van der Waals surface area contributed by atoms with E-state index in [1.165, 1.54) is 0 Å². The van der Waals surface area contributed by atoms with Crippen LogP contribution in [0.3, 0.4) is 0 Å². The first-order valence-corrected chi connectivity index (χ1v) is 6.10. The van der Waals surface area contributed by atoms with Crippen LogP contribution >= 0.6 is 0 Å². The van der Waals surface area contributed by atoms with Crippen molar-refractivity contribution in [2.75, 3.05) is 19.7 Å². The third-order valence-corrected chi connectivity index (χ3v) is 3.99. The molecule has 92 valence electrons. The number of rotatable bonds is 2. The van der Waals surface area contributed by atoms with Crippen molar-refractivity contribution in [3.63, 3.8) is 0 Å². The molecule has 0 spiro atoms. The molecule has 3 atom stereocenters. The Morgan fingerprint density at radius 3 is 2.88 bits per heavy atom. The topological polar surface area (TPSA) is 49.8 Å². The van der Waals surface area contributed by atoms with Crippen molar-refractivity contribution in [1.82, 2.24) is 4.90 Å². The van der Waals surface area contributed by atoms with E-state index in [0.717, 1.165) is 32.4 Å². The van der Waals surface area contributed by atoms with E-state index in [1.54, 1.807) is 0 Å². The number of nitrogens with zero attached hydrogens (tertiary/aromatic N) is 1. The monoisotopic (exact) mass is 227 g/mol. The van der Waals surface area contributed by atoms with Gasteiger partial charge in [-0.2, -0.15) is 0 Å². The third-order valence-electron chi connectivity index (χ3n) is 3.99. The molecule has 0 bridgehead atoms. The minimum absolute atomic E-state index is 0.315. The van der Waals surface area contributed by atoms with E-state index in [9.17, 15) is 9.90 Å². The molecule has 3 unspecified atom stereocenters. The van der Waals surface area contributed by atoms with E-state index < -0.39 is 11.4 Å². The number of carboxylic acid groups (broad SMARTS) is 1. The first-order chi connectivity index (χ1) is 7.51. The number of aliphatic carboxylic acids is 1. The van der Waals surface area contributed by atoms with Gasteiger partial charge in [-0.05, 0) is 39.7 Å². The van der Waals surface area contributed by atoms with Crippen LogP contribution in [0.5, 0.6) is 0 Å². The number of likely N-dealkylation sites (tertiary alicyclic amines) is 1. The summed E-state index contributed by atoms with van der Waals surface area (Å²) >= 11 is 0. The summed E-state index contributed by atoms with van der Waals surface area (Å²) in [6.45, 7) is 6.38. The summed E-state index contributed by atoms with van der Waals surface area (Å²) in [5, 5.41) is 9.19. The molecule has 0 radical (unpaired) electrons. The molecule has 1 N–H and O–H groups in total. The number of carbonyl (C=O) groups is 1. The average molecular weight is 227 g/mol. The predicted octanol–water partition coefficient (Wildman–Crippen LogP) is 1.35.